The van der Waals surface area contributed by atoms with Gasteiger partial charge < -0.3 is 20.1 Å². The third-order valence-electron chi connectivity index (χ3n) is 4.58. The number of benzene rings is 1. The van der Waals surface area contributed by atoms with Crippen molar-refractivity contribution in [2.45, 2.75) is 51.0 Å². The topological polar surface area (TPSA) is 54.9 Å². The van der Waals surface area contributed by atoms with Gasteiger partial charge in [-0.3, -0.25) is 4.99 Å². The third kappa shape index (κ3) is 8.48. The van der Waals surface area contributed by atoms with Crippen LogP contribution in [0.2, 0.25) is 0 Å². The summed E-state index contributed by atoms with van der Waals surface area (Å²) >= 11 is 1.84. The Kier molecular flexibility index (Phi) is 10.8. The number of guanidine groups is 1. The van der Waals surface area contributed by atoms with E-state index in [2.05, 4.69) is 60.9 Å². The summed E-state index contributed by atoms with van der Waals surface area (Å²) in [6.45, 7) is 9.51. The van der Waals surface area contributed by atoms with Gasteiger partial charge in [0, 0.05) is 37.1 Å². The summed E-state index contributed by atoms with van der Waals surface area (Å²) in [5, 5.41) is 6.78. The number of halogens is 1. The highest BCUT2D eigenvalue weighted by molar-refractivity contribution is 14.0. The Labute approximate surface area is 185 Å². The molecule has 5 nitrogen and oxygen atoms in total. The molecule has 1 atom stereocenters. The van der Waals surface area contributed by atoms with Gasteiger partial charge >= 0.3 is 0 Å². The number of nitrogens with zero attached hydrogens (tertiary/aromatic N) is 1. The lowest BCUT2D eigenvalue weighted by atomic mass is 10.1. The first-order valence-electron chi connectivity index (χ1n) is 9.27. The van der Waals surface area contributed by atoms with E-state index in [9.17, 15) is 0 Å². The van der Waals surface area contributed by atoms with Crippen LogP contribution in [-0.4, -0.2) is 49.9 Å². The first-order valence-corrected chi connectivity index (χ1v) is 10.5. The largest absolute Gasteiger partial charge is 0.491 e. The molecule has 1 unspecified atom stereocenters. The number of aliphatic imine (C=N–C) groups is 1. The first-order chi connectivity index (χ1) is 12.4. The molecule has 0 spiro atoms. The molecule has 0 saturated carbocycles. The molecule has 27 heavy (non-hydrogen) atoms. The predicted molar refractivity (Wildman–Crippen MR) is 127 cm³/mol. The minimum absolute atomic E-state index is 0. The van der Waals surface area contributed by atoms with E-state index in [1.165, 1.54) is 5.56 Å². The highest BCUT2D eigenvalue weighted by atomic mass is 127. The number of thioether (sulfide) groups is 1. The monoisotopic (exact) mass is 507 g/mol. The average molecular weight is 507 g/mol. The van der Waals surface area contributed by atoms with Crippen LogP contribution in [0, 0.1) is 6.92 Å². The molecule has 1 aliphatic heterocycles. The van der Waals surface area contributed by atoms with Crippen molar-refractivity contribution in [3.05, 3.63) is 29.3 Å². The van der Waals surface area contributed by atoms with Crippen molar-refractivity contribution in [1.82, 2.24) is 10.6 Å². The molecule has 7 heteroatoms. The van der Waals surface area contributed by atoms with E-state index in [1.807, 2.05) is 11.8 Å². The molecule has 1 saturated heterocycles. The van der Waals surface area contributed by atoms with E-state index < -0.39 is 0 Å². The van der Waals surface area contributed by atoms with Crippen LogP contribution < -0.4 is 15.4 Å². The summed E-state index contributed by atoms with van der Waals surface area (Å²) in [7, 11) is 1.80. The highest BCUT2D eigenvalue weighted by Crippen LogP contribution is 2.22. The SMILES string of the molecule is CN=C(NCc1ccc(C)cc1OCC1CCCO1)NCC(C)(C)SC.I. The second kappa shape index (κ2) is 12.0. The predicted octanol–water partition coefficient (Wildman–Crippen LogP) is 3.98. The number of hydrogen-bond donors (Lipinski definition) is 2. The molecule has 154 valence electrons. The summed E-state index contributed by atoms with van der Waals surface area (Å²) in [5.41, 5.74) is 2.32. The molecular weight excluding hydrogens is 473 g/mol. The van der Waals surface area contributed by atoms with Crippen molar-refractivity contribution < 1.29 is 9.47 Å². The second-order valence-electron chi connectivity index (χ2n) is 7.30. The standard InChI is InChI=1S/C20H33N3O2S.HI/c1-15-8-9-16(18(11-15)25-13-17-7-6-10-24-17)12-22-19(21-4)23-14-20(2,3)26-5;/h8-9,11,17H,6-7,10,12-14H2,1-5H3,(H2,21,22,23);1H. The van der Waals surface area contributed by atoms with Gasteiger partial charge in [-0.05, 0) is 51.5 Å². The van der Waals surface area contributed by atoms with Gasteiger partial charge in [0.05, 0.1) is 6.10 Å². The highest BCUT2D eigenvalue weighted by Gasteiger charge is 2.18. The zero-order valence-electron chi connectivity index (χ0n) is 17.1. The number of ether oxygens (including phenoxy) is 2. The van der Waals surface area contributed by atoms with Crippen LogP contribution >= 0.6 is 35.7 Å². The summed E-state index contributed by atoms with van der Waals surface area (Å²) in [4.78, 5) is 4.32. The molecule has 0 aromatic heterocycles. The number of rotatable bonds is 8. The van der Waals surface area contributed by atoms with E-state index >= 15 is 0 Å². The molecular formula is C20H34IN3O2S. The average Bonchev–Trinajstić information content (AvgIpc) is 3.15. The maximum absolute atomic E-state index is 6.07. The Morgan fingerprint density at radius 3 is 2.78 bits per heavy atom. The van der Waals surface area contributed by atoms with E-state index in [1.54, 1.807) is 7.05 Å². The lowest BCUT2D eigenvalue weighted by Crippen LogP contribution is -2.43. The van der Waals surface area contributed by atoms with Gasteiger partial charge in [-0.1, -0.05) is 12.1 Å². The fraction of sp³-hybridized carbons (Fsp3) is 0.650. The molecule has 1 aromatic carbocycles. The third-order valence-corrected chi connectivity index (χ3v) is 5.82. The molecule has 2 N–H and O–H groups in total. The zero-order valence-corrected chi connectivity index (χ0v) is 20.3. The van der Waals surface area contributed by atoms with Gasteiger partial charge in [-0.2, -0.15) is 11.8 Å². The van der Waals surface area contributed by atoms with Crippen LogP contribution in [0.1, 0.15) is 37.8 Å². The van der Waals surface area contributed by atoms with Crippen LogP contribution in [0.3, 0.4) is 0 Å². The molecule has 0 bridgehead atoms. The van der Waals surface area contributed by atoms with E-state index in [0.717, 1.165) is 43.3 Å². The molecule has 1 aliphatic rings. The van der Waals surface area contributed by atoms with Gasteiger partial charge in [0.1, 0.15) is 12.4 Å². The van der Waals surface area contributed by atoms with Crippen molar-refractivity contribution in [3.63, 3.8) is 0 Å². The lowest BCUT2D eigenvalue weighted by Gasteiger charge is -2.24. The Bertz CT molecular complexity index is 605. The van der Waals surface area contributed by atoms with Gasteiger partial charge in [0.2, 0.25) is 0 Å². The zero-order chi connectivity index (χ0) is 19.0. The smallest absolute Gasteiger partial charge is 0.191 e. The Hall–Kier alpha value is -0.670. The maximum atomic E-state index is 6.07. The van der Waals surface area contributed by atoms with Crippen LogP contribution in [0.15, 0.2) is 23.2 Å². The van der Waals surface area contributed by atoms with Gasteiger partial charge in [0.15, 0.2) is 5.96 Å². The molecule has 1 heterocycles. The Balaban J connectivity index is 0.00000364. The molecule has 0 aliphatic carbocycles. The van der Waals surface area contributed by atoms with Crippen molar-refractivity contribution >= 4 is 41.7 Å². The van der Waals surface area contributed by atoms with E-state index in [0.29, 0.717) is 13.2 Å². The fourth-order valence-corrected chi connectivity index (χ4v) is 2.89. The lowest BCUT2D eigenvalue weighted by molar-refractivity contribution is 0.0676. The van der Waals surface area contributed by atoms with Gasteiger partial charge in [-0.25, -0.2) is 0 Å². The van der Waals surface area contributed by atoms with Crippen molar-refractivity contribution in [2.24, 2.45) is 4.99 Å². The van der Waals surface area contributed by atoms with Gasteiger partial charge in [0.25, 0.3) is 0 Å². The number of aryl methyl sites for hydroxylation is 1. The molecule has 2 rings (SSSR count). The molecule has 1 fully saturated rings. The van der Waals surface area contributed by atoms with E-state index in [-0.39, 0.29) is 34.8 Å². The summed E-state index contributed by atoms with van der Waals surface area (Å²) < 4.78 is 11.9. The van der Waals surface area contributed by atoms with Crippen molar-refractivity contribution in [2.75, 3.05) is 33.1 Å². The number of nitrogens with one attached hydrogen (secondary N) is 2. The number of hydrogen-bond acceptors (Lipinski definition) is 4. The maximum Gasteiger partial charge on any atom is 0.191 e. The Morgan fingerprint density at radius 1 is 1.37 bits per heavy atom. The van der Waals surface area contributed by atoms with Crippen LogP contribution in [0.25, 0.3) is 0 Å². The Morgan fingerprint density at radius 2 is 2.15 bits per heavy atom. The quantitative estimate of drug-likeness (QED) is 0.317. The molecule has 1 aromatic rings. The van der Waals surface area contributed by atoms with Crippen LogP contribution in [-0.2, 0) is 11.3 Å². The van der Waals surface area contributed by atoms with Crippen LogP contribution in [0.5, 0.6) is 5.75 Å². The van der Waals surface area contributed by atoms with Crippen LogP contribution in [0.4, 0.5) is 0 Å². The van der Waals surface area contributed by atoms with Crippen molar-refractivity contribution in [3.8, 4) is 5.75 Å². The minimum Gasteiger partial charge on any atom is -0.491 e. The fourth-order valence-electron chi connectivity index (χ4n) is 2.67. The van der Waals surface area contributed by atoms with Gasteiger partial charge in [-0.15, -0.1) is 24.0 Å². The minimum atomic E-state index is 0. The molecule has 0 radical (unpaired) electrons. The summed E-state index contributed by atoms with van der Waals surface area (Å²) in [5.74, 6) is 1.73. The second-order valence-corrected chi connectivity index (χ2v) is 8.81. The summed E-state index contributed by atoms with van der Waals surface area (Å²) in [6.07, 6.45) is 4.56. The summed E-state index contributed by atoms with van der Waals surface area (Å²) in [6, 6.07) is 6.33. The first kappa shape index (κ1) is 24.4. The van der Waals surface area contributed by atoms with Crippen molar-refractivity contribution in [1.29, 1.82) is 0 Å². The van der Waals surface area contributed by atoms with E-state index in [4.69, 9.17) is 9.47 Å². The molecule has 0 amide bonds. The normalized spacial score (nSPS) is 17.4.